The standard InChI is InChI=1S/C16H22N6S/c1-13-11-19-15(23-13)12-20-16(17-2)22-9-7-21(8-10-22)14-5-3-4-6-18-14/h3-6,11H,7-10,12H2,1-2H3,(H,17,20). The van der Waals surface area contributed by atoms with Crippen LogP contribution < -0.4 is 10.2 Å². The van der Waals surface area contributed by atoms with Gasteiger partial charge in [-0.05, 0) is 19.1 Å². The van der Waals surface area contributed by atoms with Crippen molar-refractivity contribution in [2.45, 2.75) is 13.5 Å². The Hall–Kier alpha value is -2.15. The molecule has 0 aliphatic carbocycles. The lowest BCUT2D eigenvalue weighted by Gasteiger charge is -2.37. The van der Waals surface area contributed by atoms with E-state index in [1.165, 1.54) is 4.88 Å². The molecule has 0 atom stereocenters. The number of thiazole rings is 1. The number of aromatic nitrogens is 2. The zero-order chi connectivity index (χ0) is 16.1. The van der Waals surface area contributed by atoms with Crippen LogP contribution in [0.15, 0.2) is 35.6 Å². The molecule has 2 aromatic rings. The van der Waals surface area contributed by atoms with Crippen LogP contribution in [0.5, 0.6) is 0 Å². The molecule has 1 N–H and O–H groups in total. The van der Waals surface area contributed by atoms with Crippen LogP contribution in [-0.2, 0) is 6.54 Å². The Balaban J connectivity index is 1.53. The smallest absolute Gasteiger partial charge is 0.194 e. The maximum Gasteiger partial charge on any atom is 0.194 e. The molecule has 0 saturated carbocycles. The summed E-state index contributed by atoms with van der Waals surface area (Å²) in [6.45, 7) is 6.58. The molecule has 7 heteroatoms. The van der Waals surface area contributed by atoms with Gasteiger partial charge in [0, 0.05) is 50.5 Å². The number of hydrogen-bond acceptors (Lipinski definition) is 5. The van der Waals surface area contributed by atoms with E-state index < -0.39 is 0 Å². The van der Waals surface area contributed by atoms with Crippen LogP contribution in [-0.4, -0.2) is 54.1 Å². The molecular weight excluding hydrogens is 308 g/mol. The number of pyridine rings is 1. The molecule has 3 heterocycles. The second-order valence-electron chi connectivity index (χ2n) is 5.43. The van der Waals surface area contributed by atoms with Gasteiger partial charge < -0.3 is 15.1 Å². The number of nitrogens with one attached hydrogen (secondary N) is 1. The highest BCUT2D eigenvalue weighted by Gasteiger charge is 2.20. The van der Waals surface area contributed by atoms with Gasteiger partial charge in [-0.1, -0.05) is 6.07 Å². The topological polar surface area (TPSA) is 56.7 Å². The fraction of sp³-hybridized carbons (Fsp3) is 0.438. The van der Waals surface area contributed by atoms with Crippen LogP contribution in [0.25, 0.3) is 0 Å². The molecule has 122 valence electrons. The fourth-order valence-corrected chi connectivity index (χ4v) is 3.39. The van der Waals surface area contributed by atoms with Crippen molar-refractivity contribution in [1.82, 2.24) is 20.2 Å². The maximum absolute atomic E-state index is 4.43. The summed E-state index contributed by atoms with van der Waals surface area (Å²) in [7, 11) is 1.83. The molecule has 2 aromatic heterocycles. The van der Waals surface area contributed by atoms with Crippen molar-refractivity contribution in [2.75, 3.05) is 38.1 Å². The lowest BCUT2D eigenvalue weighted by Crippen LogP contribution is -2.52. The first-order valence-electron chi connectivity index (χ1n) is 7.79. The van der Waals surface area contributed by atoms with Crippen LogP contribution in [0, 0.1) is 6.92 Å². The van der Waals surface area contributed by atoms with Gasteiger partial charge in [-0.15, -0.1) is 11.3 Å². The van der Waals surface area contributed by atoms with Crippen LogP contribution in [0.1, 0.15) is 9.88 Å². The first-order chi connectivity index (χ1) is 11.3. The minimum absolute atomic E-state index is 0.728. The summed E-state index contributed by atoms with van der Waals surface area (Å²) in [6, 6.07) is 6.05. The van der Waals surface area contributed by atoms with E-state index >= 15 is 0 Å². The Labute approximate surface area is 140 Å². The molecule has 3 rings (SSSR count). The number of anilines is 1. The van der Waals surface area contributed by atoms with Gasteiger partial charge in [-0.25, -0.2) is 9.97 Å². The molecule has 1 aliphatic rings. The first-order valence-corrected chi connectivity index (χ1v) is 8.61. The molecule has 0 amide bonds. The molecule has 0 spiro atoms. The van der Waals surface area contributed by atoms with Crippen LogP contribution >= 0.6 is 11.3 Å². The van der Waals surface area contributed by atoms with Crippen molar-refractivity contribution in [2.24, 2.45) is 4.99 Å². The van der Waals surface area contributed by atoms with E-state index in [0.717, 1.165) is 49.5 Å². The Morgan fingerprint density at radius 1 is 1.26 bits per heavy atom. The van der Waals surface area contributed by atoms with E-state index in [2.05, 4.69) is 43.1 Å². The van der Waals surface area contributed by atoms with Crippen molar-refractivity contribution in [3.05, 3.63) is 40.5 Å². The van der Waals surface area contributed by atoms with Crippen molar-refractivity contribution >= 4 is 23.1 Å². The van der Waals surface area contributed by atoms with Gasteiger partial charge in [0.05, 0.1) is 6.54 Å². The van der Waals surface area contributed by atoms with Gasteiger partial charge in [0.25, 0.3) is 0 Å². The highest BCUT2D eigenvalue weighted by molar-refractivity contribution is 7.11. The number of aryl methyl sites for hydroxylation is 1. The first kappa shape index (κ1) is 15.7. The number of nitrogens with zero attached hydrogens (tertiary/aromatic N) is 5. The van der Waals surface area contributed by atoms with Gasteiger partial charge in [-0.2, -0.15) is 0 Å². The lowest BCUT2D eigenvalue weighted by molar-refractivity contribution is 0.371. The summed E-state index contributed by atoms with van der Waals surface area (Å²) in [5, 5.41) is 4.51. The second kappa shape index (κ2) is 7.41. The molecule has 1 fully saturated rings. The molecule has 23 heavy (non-hydrogen) atoms. The number of piperazine rings is 1. The third kappa shape index (κ3) is 3.98. The number of rotatable bonds is 3. The van der Waals surface area contributed by atoms with E-state index in [4.69, 9.17) is 0 Å². The van der Waals surface area contributed by atoms with E-state index in [0.29, 0.717) is 0 Å². The number of hydrogen-bond donors (Lipinski definition) is 1. The van der Waals surface area contributed by atoms with Crippen LogP contribution in [0.4, 0.5) is 5.82 Å². The Bertz CT molecular complexity index is 646. The van der Waals surface area contributed by atoms with Crippen molar-refractivity contribution < 1.29 is 0 Å². The summed E-state index contributed by atoms with van der Waals surface area (Å²) in [5.41, 5.74) is 0. The predicted octanol–water partition coefficient (Wildman–Crippen LogP) is 1.74. The van der Waals surface area contributed by atoms with Crippen LogP contribution in [0.3, 0.4) is 0 Å². The zero-order valence-corrected chi connectivity index (χ0v) is 14.4. The lowest BCUT2D eigenvalue weighted by atomic mass is 10.3. The minimum Gasteiger partial charge on any atom is -0.353 e. The van der Waals surface area contributed by atoms with Gasteiger partial charge in [-0.3, -0.25) is 4.99 Å². The second-order valence-corrected chi connectivity index (χ2v) is 6.75. The van der Waals surface area contributed by atoms with Gasteiger partial charge >= 0.3 is 0 Å². The Morgan fingerprint density at radius 3 is 2.70 bits per heavy atom. The van der Waals surface area contributed by atoms with Gasteiger partial charge in [0.15, 0.2) is 5.96 Å². The summed E-state index contributed by atoms with van der Waals surface area (Å²) in [5.74, 6) is 1.99. The minimum atomic E-state index is 0.728. The van der Waals surface area contributed by atoms with E-state index in [9.17, 15) is 0 Å². The SMILES string of the molecule is CN=C(NCc1ncc(C)s1)N1CCN(c2ccccn2)CC1. The van der Waals surface area contributed by atoms with Crippen molar-refractivity contribution in [1.29, 1.82) is 0 Å². The monoisotopic (exact) mass is 330 g/mol. The van der Waals surface area contributed by atoms with E-state index in [1.54, 1.807) is 11.3 Å². The van der Waals surface area contributed by atoms with E-state index in [1.807, 2.05) is 31.6 Å². The summed E-state index contributed by atoms with van der Waals surface area (Å²) < 4.78 is 0. The molecule has 0 radical (unpaired) electrons. The summed E-state index contributed by atoms with van der Waals surface area (Å²) in [6.07, 6.45) is 3.76. The molecule has 1 saturated heterocycles. The number of guanidine groups is 1. The average Bonchev–Trinajstić information content (AvgIpc) is 3.02. The number of aliphatic imine (C=N–C) groups is 1. The van der Waals surface area contributed by atoms with Gasteiger partial charge in [0.1, 0.15) is 10.8 Å². The predicted molar refractivity (Wildman–Crippen MR) is 95.1 cm³/mol. The Kier molecular flexibility index (Phi) is 5.07. The van der Waals surface area contributed by atoms with Crippen molar-refractivity contribution in [3.63, 3.8) is 0 Å². The zero-order valence-electron chi connectivity index (χ0n) is 13.6. The summed E-state index contributed by atoms with van der Waals surface area (Å²) >= 11 is 1.72. The molecular formula is C16H22N6S. The van der Waals surface area contributed by atoms with Crippen molar-refractivity contribution in [3.8, 4) is 0 Å². The maximum atomic E-state index is 4.43. The fourth-order valence-electron chi connectivity index (χ4n) is 2.66. The normalized spacial score (nSPS) is 15.8. The largest absolute Gasteiger partial charge is 0.353 e. The highest BCUT2D eigenvalue weighted by Crippen LogP contribution is 2.13. The quantitative estimate of drug-likeness (QED) is 0.686. The molecule has 1 aliphatic heterocycles. The average molecular weight is 330 g/mol. The molecule has 6 nitrogen and oxygen atoms in total. The summed E-state index contributed by atoms with van der Waals surface area (Å²) in [4.78, 5) is 19.1. The Morgan fingerprint density at radius 2 is 2.09 bits per heavy atom. The third-order valence-corrected chi connectivity index (χ3v) is 4.74. The van der Waals surface area contributed by atoms with Crippen LogP contribution in [0.2, 0.25) is 0 Å². The molecule has 0 bridgehead atoms. The molecule has 0 aromatic carbocycles. The van der Waals surface area contributed by atoms with E-state index in [-0.39, 0.29) is 0 Å². The van der Waals surface area contributed by atoms with Gasteiger partial charge in [0.2, 0.25) is 0 Å². The third-order valence-electron chi connectivity index (χ3n) is 3.83. The highest BCUT2D eigenvalue weighted by atomic mass is 32.1. The molecule has 0 unspecified atom stereocenters.